The molecule has 5 atom stereocenters. The third-order valence-corrected chi connectivity index (χ3v) is 11.4. The summed E-state index contributed by atoms with van der Waals surface area (Å²) < 4.78 is 40.9. The summed E-state index contributed by atoms with van der Waals surface area (Å²) in [7, 11) is -3.95. The van der Waals surface area contributed by atoms with E-state index in [1.54, 1.807) is 25.1 Å². The SMILES string of the molecule is CC(=O)O[C@H]1/C=C/CC(C)C(C)S(=O)(=O)NC(=O)c2ccc3c(c2)N(CCCCc2cc(Cl)ccc2CO3)CC2CCC21. The maximum Gasteiger partial charge on any atom is 0.303 e. The Balaban J connectivity index is 1.55. The molecular formula is C33H41ClN2O6S. The number of esters is 1. The number of ether oxygens (including phenoxy) is 2. The Bertz CT molecular complexity index is 1490. The summed E-state index contributed by atoms with van der Waals surface area (Å²) in [5.74, 6) is -0.221. The van der Waals surface area contributed by atoms with Crippen molar-refractivity contribution in [2.24, 2.45) is 17.8 Å². The molecule has 1 N–H and O–H groups in total. The van der Waals surface area contributed by atoms with Crippen LogP contribution in [0.4, 0.5) is 5.69 Å². The maximum atomic E-state index is 13.3. The van der Waals surface area contributed by atoms with Crippen molar-refractivity contribution in [3.05, 3.63) is 70.3 Å². The lowest BCUT2D eigenvalue weighted by molar-refractivity contribution is -0.149. The highest BCUT2D eigenvalue weighted by atomic mass is 35.5. The van der Waals surface area contributed by atoms with Crippen LogP contribution in [0.1, 0.15) is 74.4 Å². The quantitative estimate of drug-likeness (QED) is 0.302. The monoisotopic (exact) mass is 628 g/mol. The number of anilines is 1. The third kappa shape index (κ3) is 7.37. The average Bonchev–Trinajstić information content (AvgIpc) is 2.96. The van der Waals surface area contributed by atoms with Crippen molar-refractivity contribution in [1.82, 2.24) is 4.72 Å². The number of sulfonamides is 1. The molecule has 2 aromatic rings. The van der Waals surface area contributed by atoms with E-state index in [-0.39, 0.29) is 35.4 Å². The van der Waals surface area contributed by atoms with Gasteiger partial charge in [0.15, 0.2) is 0 Å². The molecule has 0 spiro atoms. The van der Waals surface area contributed by atoms with E-state index in [9.17, 15) is 18.0 Å². The number of allylic oxidation sites excluding steroid dienone is 1. The van der Waals surface area contributed by atoms with Gasteiger partial charge < -0.3 is 14.4 Å². The second kappa shape index (κ2) is 13.3. The molecule has 43 heavy (non-hydrogen) atoms. The van der Waals surface area contributed by atoms with Crippen LogP contribution in [0.3, 0.4) is 0 Å². The molecule has 10 heteroatoms. The molecule has 0 aromatic heterocycles. The number of hydrogen-bond donors (Lipinski definition) is 1. The standard InChI is InChI=1S/C33H41ClN2O6S/c1-21-7-6-9-31(42-23(3)37)29-14-11-26(29)19-36-16-5-4-8-24-17-28(34)13-10-27(24)20-41-32-15-12-25(18-30(32)36)33(38)35-43(39,40)22(21)2/h6,9-10,12-13,15,17-18,21-22,26,29,31H,4-5,7-8,11,14,16,19-20H2,1-3H3,(H,35,38)/b9-6+/t21?,22?,26?,29?,31-/m0/s1. The topological polar surface area (TPSA) is 102 Å². The first kappa shape index (κ1) is 31.4. The van der Waals surface area contributed by atoms with Crippen molar-refractivity contribution < 1.29 is 27.5 Å². The van der Waals surface area contributed by atoms with E-state index in [4.69, 9.17) is 21.1 Å². The van der Waals surface area contributed by atoms with E-state index in [2.05, 4.69) is 9.62 Å². The molecule has 0 radical (unpaired) electrons. The van der Waals surface area contributed by atoms with Crippen molar-refractivity contribution in [2.75, 3.05) is 18.0 Å². The van der Waals surface area contributed by atoms with Gasteiger partial charge in [0, 0.05) is 36.5 Å². The fraction of sp³-hybridized carbons (Fsp3) is 0.515. The van der Waals surface area contributed by atoms with Gasteiger partial charge in [0.2, 0.25) is 10.0 Å². The van der Waals surface area contributed by atoms with Gasteiger partial charge in [-0.25, -0.2) is 13.1 Å². The summed E-state index contributed by atoms with van der Waals surface area (Å²) in [5, 5.41) is -0.118. The van der Waals surface area contributed by atoms with Crippen LogP contribution in [-0.2, 0) is 32.6 Å². The summed E-state index contributed by atoms with van der Waals surface area (Å²) in [6.45, 7) is 6.64. The van der Waals surface area contributed by atoms with Crippen molar-refractivity contribution in [1.29, 1.82) is 0 Å². The third-order valence-electron chi connectivity index (χ3n) is 9.25. The van der Waals surface area contributed by atoms with Crippen LogP contribution < -0.4 is 14.4 Å². The average molecular weight is 629 g/mol. The van der Waals surface area contributed by atoms with Gasteiger partial charge in [0.1, 0.15) is 18.5 Å². The normalized spacial score (nSPS) is 28.4. The molecule has 3 aliphatic rings. The molecule has 2 bridgehead atoms. The summed E-state index contributed by atoms with van der Waals surface area (Å²) in [4.78, 5) is 27.7. The number of amides is 1. The zero-order valence-corrected chi connectivity index (χ0v) is 26.6. The van der Waals surface area contributed by atoms with Gasteiger partial charge in [0.05, 0.1) is 10.9 Å². The van der Waals surface area contributed by atoms with E-state index >= 15 is 0 Å². The Labute approximate surface area is 259 Å². The number of halogens is 1. The van der Waals surface area contributed by atoms with Gasteiger partial charge in [-0.2, -0.15) is 0 Å². The van der Waals surface area contributed by atoms with Crippen LogP contribution >= 0.6 is 11.6 Å². The molecule has 1 saturated carbocycles. The van der Waals surface area contributed by atoms with Crippen LogP contribution in [-0.4, -0.2) is 44.7 Å². The first-order chi connectivity index (χ1) is 20.5. The number of nitrogens with one attached hydrogen (secondary N) is 1. The van der Waals surface area contributed by atoms with Crippen molar-refractivity contribution in [3.63, 3.8) is 0 Å². The van der Waals surface area contributed by atoms with Crippen molar-refractivity contribution in [3.8, 4) is 5.75 Å². The summed E-state index contributed by atoms with van der Waals surface area (Å²) >= 11 is 6.31. The number of fused-ring (bicyclic) bond motifs is 3. The van der Waals surface area contributed by atoms with E-state index in [1.807, 2.05) is 37.3 Å². The molecule has 2 aromatic carbocycles. The van der Waals surface area contributed by atoms with Crippen LogP contribution in [0.25, 0.3) is 0 Å². The van der Waals surface area contributed by atoms with Gasteiger partial charge in [-0.15, -0.1) is 0 Å². The maximum absolute atomic E-state index is 13.3. The highest BCUT2D eigenvalue weighted by Gasteiger charge is 2.39. The molecule has 2 aliphatic heterocycles. The minimum atomic E-state index is -3.95. The summed E-state index contributed by atoms with van der Waals surface area (Å²) in [6, 6.07) is 11.0. The summed E-state index contributed by atoms with van der Waals surface area (Å²) in [6.07, 6.45) is 8.58. The van der Waals surface area contributed by atoms with Gasteiger partial charge in [-0.3, -0.25) is 9.59 Å². The second-order valence-corrected chi connectivity index (χ2v) is 14.7. The fourth-order valence-corrected chi connectivity index (χ4v) is 7.76. The molecule has 2 heterocycles. The Morgan fingerprint density at radius 2 is 1.91 bits per heavy atom. The minimum absolute atomic E-state index is 0.143. The number of benzene rings is 2. The minimum Gasteiger partial charge on any atom is -0.487 e. The Hall–Kier alpha value is -3.04. The predicted octanol–water partition coefficient (Wildman–Crippen LogP) is 6.06. The lowest BCUT2D eigenvalue weighted by atomic mass is 9.70. The first-order valence-electron chi connectivity index (χ1n) is 15.2. The Morgan fingerprint density at radius 1 is 1.09 bits per heavy atom. The van der Waals surface area contributed by atoms with Crippen LogP contribution in [0, 0.1) is 17.8 Å². The fourth-order valence-electron chi connectivity index (χ4n) is 6.28. The highest BCUT2D eigenvalue weighted by Crippen LogP contribution is 2.42. The first-order valence-corrected chi connectivity index (χ1v) is 17.1. The van der Waals surface area contributed by atoms with E-state index in [0.717, 1.165) is 55.5 Å². The zero-order chi connectivity index (χ0) is 30.7. The number of nitrogens with zero attached hydrogens (tertiary/aromatic N) is 1. The molecule has 1 fully saturated rings. The van der Waals surface area contributed by atoms with Crippen molar-refractivity contribution >= 4 is 39.2 Å². The Morgan fingerprint density at radius 3 is 2.65 bits per heavy atom. The second-order valence-electron chi connectivity index (χ2n) is 12.2. The van der Waals surface area contributed by atoms with Crippen molar-refractivity contribution in [2.45, 2.75) is 77.3 Å². The number of hydrogen-bond acceptors (Lipinski definition) is 7. The number of aryl methyl sites for hydroxylation is 1. The molecule has 5 rings (SSSR count). The molecule has 1 amide bonds. The largest absolute Gasteiger partial charge is 0.487 e. The molecule has 0 saturated heterocycles. The van der Waals surface area contributed by atoms with Gasteiger partial charge in [0.25, 0.3) is 5.91 Å². The van der Waals surface area contributed by atoms with Crippen LogP contribution in [0.15, 0.2) is 48.6 Å². The van der Waals surface area contributed by atoms with E-state index < -0.39 is 21.2 Å². The predicted molar refractivity (Wildman–Crippen MR) is 168 cm³/mol. The van der Waals surface area contributed by atoms with E-state index in [0.29, 0.717) is 30.3 Å². The number of carbonyl (C=O) groups is 2. The smallest absolute Gasteiger partial charge is 0.303 e. The zero-order valence-electron chi connectivity index (χ0n) is 25.1. The summed E-state index contributed by atoms with van der Waals surface area (Å²) in [5.41, 5.74) is 3.23. The van der Waals surface area contributed by atoms with Gasteiger partial charge in [-0.1, -0.05) is 30.7 Å². The number of rotatable bonds is 1. The molecular weight excluding hydrogens is 588 g/mol. The van der Waals surface area contributed by atoms with Gasteiger partial charge >= 0.3 is 5.97 Å². The molecule has 1 aliphatic carbocycles. The Kier molecular flexibility index (Phi) is 9.71. The molecule has 4 unspecified atom stereocenters. The van der Waals surface area contributed by atoms with E-state index in [1.165, 1.54) is 6.92 Å². The van der Waals surface area contributed by atoms with Gasteiger partial charge in [-0.05, 0) is 105 Å². The van der Waals surface area contributed by atoms with Crippen LogP contribution in [0.2, 0.25) is 5.02 Å². The lowest BCUT2D eigenvalue weighted by Gasteiger charge is -2.43. The van der Waals surface area contributed by atoms with Crippen LogP contribution in [0.5, 0.6) is 5.75 Å². The number of carbonyl (C=O) groups excluding carboxylic acids is 2. The lowest BCUT2D eigenvalue weighted by Crippen LogP contribution is -2.44. The molecule has 8 nitrogen and oxygen atoms in total. The highest BCUT2D eigenvalue weighted by molar-refractivity contribution is 7.90. The molecule has 232 valence electrons.